The molecule has 2 aromatic carbocycles. The smallest absolute Gasteiger partial charge is 0.339 e. The van der Waals surface area contributed by atoms with Crippen LogP contribution < -0.4 is 4.74 Å². The molecule has 174 valence electrons. The average Bonchev–Trinajstić information content (AvgIpc) is 3.01. The number of amides is 2. The Balaban J connectivity index is 1.74. The fourth-order valence-electron chi connectivity index (χ4n) is 3.06. The Morgan fingerprint density at radius 1 is 0.939 bits per heavy atom. The SMILES string of the molecule is COc1ccc(COC(=O)[C@H](CC(=O)OC(C)(C)C)ON2C(=O)c3ccccc3C2=O)cc1. The Labute approximate surface area is 191 Å². The van der Waals surface area contributed by atoms with Gasteiger partial charge in [-0.15, -0.1) is 5.06 Å². The minimum atomic E-state index is -1.57. The number of hydrogen-bond donors (Lipinski definition) is 0. The molecule has 1 aliphatic rings. The zero-order valence-corrected chi connectivity index (χ0v) is 18.8. The second kappa shape index (κ2) is 9.83. The highest BCUT2D eigenvalue weighted by molar-refractivity contribution is 6.20. The number of carbonyl (C=O) groups excluding carboxylic acids is 4. The molecule has 0 fully saturated rings. The predicted molar refractivity (Wildman–Crippen MR) is 115 cm³/mol. The van der Waals surface area contributed by atoms with Crippen molar-refractivity contribution in [2.45, 2.75) is 45.5 Å². The van der Waals surface area contributed by atoms with Gasteiger partial charge in [-0.05, 0) is 50.6 Å². The van der Waals surface area contributed by atoms with Crippen LogP contribution in [0.5, 0.6) is 5.75 Å². The van der Waals surface area contributed by atoms with Gasteiger partial charge in [-0.2, -0.15) is 0 Å². The first-order valence-corrected chi connectivity index (χ1v) is 10.2. The lowest BCUT2D eigenvalue weighted by molar-refractivity contribution is -0.189. The number of imide groups is 1. The summed E-state index contributed by atoms with van der Waals surface area (Å²) in [4.78, 5) is 55.8. The lowest BCUT2D eigenvalue weighted by atomic mass is 10.1. The van der Waals surface area contributed by atoms with E-state index in [1.807, 2.05) is 0 Å². The van der Waals surface area contributed by atoms with Gasteiger partial charge in [-0.1, -0.05) is 24.3 Å². The van der Waals surface area contributed by atoms with Gasteiger partial charge in [-0.3, -0.25) is 14.4 Å². The molecule has 0 unspecified atom stereocenters. The molecule has 2 aromatic rings. The van der Waals surface area contributed by atoms with Crippen LogP contribution in [0.4, 0.5) is 0 Å². The van der Waals surface area contributed by atoms with Crippen molar-refractivity contribution in [3.8, 4) is 5.75 Å². The molecule has 1 atom stereocenters. The van der Waals surface area contributed by atoms with Gasteiger partial charge in [0, 0.05) is 0 Å². The number of rotatable bonds is 8. The number of ether oxygens (including phenoxy) is 3. The summed E-state index contributed by atoms with van der Waals surface area (Å²) in [6.45, 7) is 4.91. The normalized spacial score (nSPS) is 14.0. The third kappa shape index (κ3) is 5.95. The van der Waals surface area contributed by atoms with E-state index in [0.29, 0.717) is 16.4 Å². The molecule has 0 radical (unpaired) electrons. The summed E-state index contributed by atoms with van der Waals surface area (Å²) in [6, 6.07) is 13.0. The van der Waals surface area contributed by atoms with Gasteiger partial charge in [0.15, 0.2) is 6.10 Å². The Hall–Kier alpha value is -3.72. The van der Waals surface area contributed by atoms with Gasteiger partial charge in [-0.25, -0.2) is 9.63 Å². The molecule has 9 nitrogen and oxygen atoms in total. The molecular formula is C24H25NO8. The topological polar surface area (TPSA) is 108 Å². The number of hydrogen-bond acceptors (Lipinski definition) is 8. The van der Waals surface area contributed by atoms with Crippen molar-refractivity contribution in [3.05, 3.63) is 65.2 Å². The van der Waals surface area contributed by atoms with E-state index in [0.717, 1.165) is 0 Å². The molecule has 33 heavy (non-hydrogen) atoms. The van der Waals surface area contributed by atoms with E-state index in [-0.39, 0.29) is 17.7 Å². The average molecular weight is 455 g/mol. The van der Waals surface area contributed by atoms with Crippen LogP contribution in [0.2, 0.25) is 0 Å². The van der Waals surface area contributed by atoms with E-state index >= 15 is 0 Å². The summed E-state index contributed by atoms with van der Waals surface area (Å²) < 4.78 is 15.6. The molecule has 1 heterocycles. The number of benzene rings is 2. The molecular weight excluding hydrogens is 430 g/mol. The Kier molecular flexibility index (Phi) is 7.13. The Morgan fingerprint density at radius 2 is 1.52 bits per heavy atom. The number of fused-ring (bicyclic) bond motifs is 1. The highest BCUT2D eigenvalue weighted by atomic mass is 16.7. The summed E-state index contributed by atoms with van der Waals surface area (Å²) in [7, 11) is 1.53. The molecule has 0 bridgehead atoms. The molecule has 2 amide bonds. The van der Waals surface area contributed by atoms with Crippen LogP contribution in [0.1, 0.15) is 53.5 Å². The fraction of sp³-hybridized carbons (Fsp3) is 0.333. The first-order chi connectivity index (χ1) is 15.6. The maximum absolute atomic E-state index is 12.8. The number of hydroxylamine groups is 2. The van der Waals surface area contributed by atoms with Crippen LogP contribution >= 0.6 is 0 Å². The van der Waals surface area contributed by atoms with Crippen LogP contribution in [-0.2, 0) is 30.5 Å². The first kappa shape index (κ1) is 23.9. The molecule has 0 aromatic heterocycles. The van der Waals surface area contributed by atoms with Gasteiger partial charge < -0.3 is 14.2 Å². The zero-order valence-electron chi connectivity index (χ0n) is 18.8. The van der Waals surface area contributed by atoms with Crippen LogP contribution in [-0.4, -0.2) is 47.6 Å². The van der Waals surface area contributed by atoms with Crippen molar-refractivity contribution in [3.63, 3.8) is 0 Å². The summed E-state index contributed by atoms with van der Waals surface area (Å²) >= 11 is 0. The molecule has 0 saturated heterocycles. The largest absolute Gasteiger partial charge is 0.497 e. The van der Waals surface area contributed by atoms with Crippen molar-refractivity contribution in [1.29, 1.82) is 0 Å². The monoisotopic (exact) mass is 455 g/mol. The van der Waals surface area contributed by atoms with Gasteiger partial charge >= 0.3 is 11.9 Å². The van der Waals surface area contributed by atoms with Crippen molar-refractivity contribution in [2.75, 3.05) is 7.11 Å². The van der Waals surface area contributed by atoms with Gasteiger partial charge in [0.05, 0.1) is 24.7 Å². The molecule has 9 heteroatoms. The maximum atomic E-state index is 12.8. The molecule has 1 aliphatic heterocycles. The number of carbonyl (C=O) groups is 4. The van der Waals surface area contributed by atoms with E-state index < -0.39 is 41.9 Å². The molecule has 0 spiro atoms. The molecule has 3 rings (SSSR count). The predicted octanol–water partition coefficient (Wildman–Crippen LogP) is 3.07. The Morgan fingerprint density at radius 3 is 2.03 bits per heavy atom. The van der Waals surface area contributed by atoms with Crippen LogP contribution in [0.25, 0.3) is 0 Å². The lowest BCUT2D eigenvalue weighted by Gasteiger charge is -2.23. The number of methoxy groups -OCH3 is 1. The molecule has 0 saturated carbocycles. The van der Waals surface area contributed by atoms with E-state index in [1.165, 1.54) is 19.2 Å². The highest BCUT2D eigenvalue weighted by Gasteiger charge is 2.40. The number of esters is 2. The minimum Gasteiger partial charge on any atom is -0.497 e. The summed E-state index contributed by atoms with van der Waals surface area (Å²) in [5, 5.41) is 0.480. The van der Waals surface area contributed by atoms with E-state index in [1.54, 1.807) is 57.2 Å². The van der Waals surface area contributed by atoms with Gasteiger partial charge in [0.2, 0.25) is 0 Å². The molecule has 0 aliphatic carbocycles. The number of nitrogens with zero attached hydrogens (tertiary/aromatic N) is 1. The van der Waals surface area contributed by atoms with Crippen molar-refractivity contribution in [1.82, 2.24) is 5.06 Å². The minimum absolute atomic E-state index is 0.112. The van der Waals surface area contributed by atoms with E-state index in [2.05, 4.69) is 0 Å². The first-order valence-electron chi connectivity index (χ1n) is 10.2. The fourth-order valence-corrected chi connectivity index (χ4v) is 3.06. The molecule has 0 N–H and O–H groups in total. The maximum Gasteiger partial charge on any atom is 0.339 e. The summed E-state index contributed by atoms with van der Waals surface area (Å²) in [5.74, 6) is -2.49. The van der Waals surface area contributed by atoms with Crippen molar-refractivity contribution >= 4 is 23.8 Å². The second-order valence-electron chi connectivity index (χ2n) is 8.29. The standard InChI is InChI=1S/C24H25NO8/c1-24(2,3)32-20(26)13-19(23(29)31-14-15-9-11-16(30-4)12-10-15)33-25-21(27)17-7-5-6-8-18(17)22(25)28/h5-12,19H,13-14H2,1-4H3/t19-/m0/s1. The quantitative estimate of drug-likeness (QED) is 0.441. The van der Waals surface area contributed by atoms with E-state index in [4.69, 9.17) is 19.0 Å². The van der Waals surface area contributed by atoms with Crippen molar-refractivity contribution in [2.24, 2.45) is 0 Å². The van der Waals surface area contributed by atoms with E-state index in [9.17, 15) is 19.2 Å². The summed E-state index contributed by atoms with van der Waals surface area (Å²) in [5.41, 5.74) is 0.153. The highest BCUT2D eigenvalue weighted by Crippen LogP contribution is 2.25. The zero-order chi connectivity index (χ0) is 24.2. The lowest BCUT2D eigenvalue weighted by Crippen LogP contribution is -2.40. The van der Waals surface area contributed by atoms with Crippen LogP contribution in [0.15, 0.2) is 48.5 Å². The second-order valence-corrected chi connectivity index (χ2v) is 8.29. The van der Waals surface area contributed by atoms with Crippen LogP contribution in [0, 0.1) is 0 Å². The van der Waals surface area contributed by atoms with Crippen molar-refractivity contribution < 1.29 is 38.2 Å². The third-order valence-corrected chi connectivity index (χ3v) is 4.56. The Bertz CT molecular complexity index is 1020. The van der Waals surface area contributed by atoms with Crippen LogP contribution in [0.3, 0.4) is 0 Å². The third-order valence-electron chi connectivity index (χ3n) is 4.56. The summed E-state index contributed by atoms with van der Waals surface area (Å²) in [6.07, 6.45) is -2.12. The van der Waals surface area contributed by atoms with Gasteiger partial charge in [0.25, 0.3) is 11.8 Å². The van der Waals surface area contributed by atoms with Gasteiger partial charge in [0.1, 0.15) is 18.0 Å².